The smallest absolute Gasteiger partial charge is 0.178 e. The summed E-state index contributed by atoms with van der Waals surface area (Å²) < 4.78 is 16.0. The molecule has 7 atom stereocenters. The van der Waals surface area contributed by atoms with Crippen LogP contribution >= 0.6 is 0 Å². The van der Waals surface area contributed by atoms with Gasteiger partial charge in [-0.25, -0.2) is 0 Å². The molecule has 210 valence electrons. The Balaban J connectivity index is 1.73. The fourth-order valence-electron chi connectivity index (χ4n) is 9.28. The number of ketones is 2. The van der Waals surface area contributed by atoms with Gasteiger partial charge in [0, 0.05) is 28.6 Å². The summed E-state index contributed by atoms with van der Waals surface area (Å²) in [6.07, 6.45) is 12.7. The second-order valence-electron chi connectivity index (χ2n) is 15.2. The monoisotopic (exact) mass is 540 g/mol. The summed E-state index contributed by atoms with van der Waals surface area (Å²) in [5.74, 6) is 0.485. The van der Waals surface area contributed by atoms with E-state index in [0.717, 1.165) is 50.5 Å². The van der Waals surface area contributed by atoms with E-state index in [9.17, 15) is 19.4 Å². The van der Waals surface area contributed by atoms with Crippen molar-refractivity contribution >= 4 is 22.9 Å². The third-order valence-electron chi connectivity index (χ3n) is 11.8. The van der Waals surface area contributed by atoms with Gasteiger partial charge < -0.3 is 4.55 Å². The van der Waals surface area contributed by atoms with Crippen molar-refractivity contribution in [2.24, 2.45) is 38.9 Å². The van der Waals surface area contributed by atoms with E-state index in [4.69, 9.17) is 0 Å². The number of nitriles is 1. The minimum atomic E-state index is -1.12. The first-order valence-electron chi connectivity index (χ1n) is 14.4. The van der Waals surface area contributed by atoms with Gasteiger partial charge in [-0.3, -0.25) is 9.59 Å². The molecule has 4 aliphatic rings. The number of nitrogens with one attached hydrogen (secondary N) is 1. The Bertz CT molecular complexity index is 1130. The van der Waals surface area contributed by atoms with E-state index in [2.05, 4.69) is 52.3 Å². The van der Waals surface area contributed by atoms with E-state index < -0.39 is 22.2 Å². The van der Waals surface area contributed by atoms with Gasteiger partial charge in [-0.15, -0.1) is 4.72 Å². The van der Waals surface area contributed by atoms with Crippen LogP contribution in [0.5, 0.6) is 0 Å². The van der Waals surface area contributed by atoms with E-state index in [-0.39, 0.29) is 44.8 Å². The van der Waals surface area contributed by atoms with Crippen LogP contribution in [-0.2, 0) is 21.0 Å². The summed E-state index contributed by atoms with van der Waals surface area (Å²) in [5, 5.41) is 9.85. The fraction of sp³-hybridized carbons (Fsp3) is 0.781. The van der Waals surface area contributed by atoms with Gasteiger partial charge in [-0.1, -0.05) is 67.0 Å². The summed E-state index contributed by atoms with van der Waals surface area (Å²) in [5.41, 5.74) is -0.290. The van der Waals surface area contributed by atoms with E-state index in [0.29, 0.717) is 12.3 Å². The second kappa shape index (κ2) is 9.32. The van der Waals surface area contributed by atoms with E-state index >= 15 is 0 Å². The van der Waals surface area contributed by atoms with Gasteiger partial charge in [-0.2, -0.15) is 5.26 Å². The highest BCUT2D eigenvalue weighted by Crippen LogP contribution is 2.69. The molecule has 4 aliphatic carbocycles. The zero-order valence-corrected chi connectivity index (χ0v) is 25.9. The number of Topliss-reactive ketones (excluding diaryl/α,β-unsaturated/α-hetero) is 1. The van der Waals surface area contributed by atoms with Crippen molar-refractivity contribution in [1.29, 1.82) is 5.26 Å². The normalized spacial score (nSPS) is 42.8. The lowest BCUT2D eigenvalue weighted by molar-refractivity contribution is -0.133. The molecule has 0 radical (unpaired) electrons. The molecule has 0 aromatic rings. The summed E-state index contributed by atoms with van der Waals surface area (Å²) in [4.78, 5) is 26.6. The quantitative estimate of drug-likeness (QED) is 0.396. The predicted molar refractivity (Wildman–Crippen MR) is 153 cm³/mol. The zero-order valence-electron chi connectivity index (χ0n) is 25.0. The number of hydrogen-bond acceptors (Lipinski definition) is 5. The molecule has 0 spiro atoms. The number of fused-ring (bicyclic) bond motifs is 3. The first-order chi connectivity index (χ1) is 17.4. The number of rotatable bonds is 5. The largest absolute Gasteiger partial charge is 0.598 e. The standard InChI is InChI=1S/C32H48N2O3S/c1-21-17-27(2,3)12-14-32(21,34-38(9)37)15-13-29(6)19-23(35)16-25-30(7)18-22(20-33)26(36)28(4,5)24(30)10-11-31(25,29)8/h16,18,21,24,34H,10-15,17,19H2,1-9H3/t21?,24?,29-,30+,31-,32+,38?/m1/s1. The van der Waals surface area contributed by atoms with Crippen LogP contribution in [0.1, 0.15) is 107 Å². The van der Waals surface area contributed by atoms with Gasteiger partial charge in [0.1, 0.15) is 12.3 Å². The lowest BCUT2D eigenvalue weighted by atomic mass is 9.40. The first-order valence-corrected chi connectivity index (χ1v) is 16.0. The molecule has 38 heavy (non-hydrogen) atoms. The number of allylic oxidation sites excluding steroid dienone is 4. The topological polar surface area (TPSA) is 93.0 Å². The van der Waals surface area contributed by atoms with Gasteiger partial charge in [0.2, 0.25) is 0 Å². The highest BCUT2D eigenvalue weighted by molar-refractivity contribution is 7.88. The molecule has 4 rings (SSSR count). The lowest BCUT2D eigenvalue weighted by Gasteiger charge is -2.63. The highest BCUT2D eigenvalue weighted by atomic mass is 32.2. The Morgan fingerprint density at radius 1 is 1.08 bits per heavy atom. The van der Waals surface area contributed by atoms with Crippen molar-refractivity contribution in [1.82, 2.24) is 4.72 Å². The van der Waals surface area contributed by atoms with Gasteiger partial charge in [0.15, 0.2) is 11.6 Å². The van der Waals surface area contributed by atoms with E-state index in [1.807, 2.05) is 26.0 Å². The maximum absolute atomic E-state index is 13.4. The molecule has 0 aromatic heterocycles. The van der Waals surface area contributed by atoms with Crippen LogP contribution in [0.15, 0.2) is 23.3 Å². The molecular weight excluding hydrogens is 492 g/mol. The summed E-state index contributed by atoms with van der Waals surface area (Å²) in [7, 11) is 0. The van der Waals surface area contributed by atoms with Gasteiger partial charge in [0.25, 0.3) is 0 Å². The molecule has 0 heterocycles. The number of carbonyl (C=O) groups is 2. The van der Waals surface area contributed by atoms with Crippen molar-refractivity contribution in [2.45, 2.75) is 112 Å². The van der Waals surface area contributed by atoms with Crippen LogP contribution in [0.4, 0.5) is 0 Å². The van der Waals surface area contributed by atoms with E-state index in [1.165, 1.54) is 0 Å². The molecule has 2 saturated carbocycles. The van der Waals surface area contributed by atoms with E-state index in [1.54, 1.807) is 6.26 Å². The summed E-state index contributed by atoms with van der Waals surface area (Å²) in [6, 6.07) is 2.17. The average molecular weight is 541 g/mol. The van der Waals surface area contributed by atoms with Crippen LogP contribution < -0.4 is 4.72 Å². The Hall–Kier alpha value is -1.42. The minimum Gasteiger partial charge on any atom is -0.598 e. The third-order valence-corrected chi connectivity index (χ3v) is 12.5. The Morgan fingerprint density at radius 2 is 1.74 bits per heavy atom. The molecule has 0 aromatic carbocycles. The number of carbonyl (C=O) groups excluding carboxylic acids is 2. The molecule has 3 unspecified atom stereocenters. The van der Waals surface area contributed by atoms with Crippen LogP contribution in [0.2, 0.25) is 0 Å². The van der Waals surface area contributed by atoms with Gasteiger partial charge in [-0.05, 0) is 79.1 Å². The number of hydrogen-bond donors (Lipinski definition) is 1. The van der Waals surface area contributed by atoms with Crippen molar-refractivity contribution in [3.8, 4) is 6.07 Å². The second-order valence-corrected chi connectivity index (χ2v) is 16.3. The van der Waals surface area contributed by atoms with Crippen molar-refractivity contribution in [3.63, 3.8) is 0 Å². The molecular formula is C32H48N2O3S. The molecule has 1 N–H and O–H groups in total. The predicted octanol–water partition coefficient (Wildman–Crippen LogP) is 6.62. The molecule has 6 heteroatoms. The molecule has 0 bridgehead atoms. The summed E-state index contributed by atoms with van der Waals surface area (Å²) >= 11 is -1.12. The molecule has 2 fully saturated rings. The van der Waals surface area contributed by atoms with Crippen molar-refractivity contribution < 1.29 is 14.1 Å². The minimum absolute atomic E-state index is 0.0465. The molecule has 5 nitrogen and oxygen atoms in total. The van der Waals surface area contributed by atoms with Crippen molar-refractivity contribution in [2.75, 3.05) is 6.26 Å². The fourth-order valence-corrected chi connectivity index (χ4v) is 10.3. The van der Waals surface area contributed by atoms with Crippen LogP contribution in [0.3, 0.4) is 0 Å². The van der Waals surface area contributed by atoms with Gasteiger partial charge in [0.05, 0.1) is 11.1 Å². The maximum Gasteiger partial charge on any atom is 0.178 e. The average Bonchev–Trinajstić information content (AvgIpc) is 2.79. The third kappa shape index (κ3) is 4.45. The molecule has 0 aliphatic heterocycles. The SMILES string of the molecule is CC1CC(C)(C)CC[C@@]1(CC[C@]1(C)CC(=O)C=C2[C@@]3(C)C=C(C#N)C(=O)C(C)(C)C3CC[C@]21C)N[S+](C)[O-]. The lowest BCUT2D eigenvalue weighted by Crippen LogP contribution is -2.59. The van der Waals surface area contributed by atoms with Crippen molar-refractivity contribution in [3.05, 3.63) is 23.3 Å². The van der Waals surface area contributed by atoms with Crippen LogP contribution in [-0.4, -0.2) is 27.9 Å². The van der Waals surface area contributed by atoms with Gasteiger partial charge >= 0.3 is 0 Å². The number of nitrogens with zero attached hydrogens (tertiary/aromatic N) is 1. The Labute approximate surface area is 233 Å². The molecule has 0 saturated heterocycles. The molecule has 0 amide bonds. The zero-order chi connectivity index (χ0) is 28.5. The Kier molecular flexibility index (Phi) is 7.25. The van der Waals surface area contributed by atoms with Crippen LogP contribution in [0, 0.1) is 50.2 Å². The summed E-state index contributed by atoms with van der Waals surface area (Å²) in [6.45, 7) is 17.7. The Morgan fingerprint density at radius 3 is 2.32 bits per heavy atom. The van der Waals surface area contributed by atoms with Crippen LogP contribution in [0.25, 0.3) is 0 Å². The highest BCUT2D eigenvalue weighted by Gasteiger charge is 2.63. The maximum atomic E-state index is 13.4. The first kappa shape index (κ1) is 29.6.